The van der Waals surface area contributed by atoms with Crippen LogP contribution in [-0.4, -0.2) is 38.2 Å². The number of aldehydes is 1. The Bertz CT molecular complexity index is 734. The molecule has 0 spiro atoms. The summed E-state index contributed by atoms with van der Waals surface area (Å²) in [6, 6.07) is 17.5. The van der Waals surface area contributed by atoms with Gasteiger partial charge >= 0.3 is 6.09 Å². The highest BCUT2D eigenvalue weighted by Crippen LogP contribution is 2.32. The minimum Gasteiger partial charge on any atom is -0.445 e. The molecule has 1 amide bonds. The molecule has 0 radical (unpaired) electrons. The standard InChI is InChI=1S/C19H20BNO3/c20-17-8-4-7-16(11-17)19(14-22)9-10-21(13-19)18(23)24-12-15-5-2-1-3-6-15/h1-8,11,14H,9-10,12-13,20H2. The Morgan fingerprint density at radius 3 is 2.71 bits per heavy atom. The molecule has 0 bridgehead atoms. The van der Waals surface area contributed by atoms with Gasteiger partial charge in [0.25, 0.3) is 0 Å². The maximum Gasteiger partial charge on any atom is 0.410 e. The predicted molar refractivity (Wildman–Crippen MR) is 95.2 cm³/mol. The summed E-state index contributed by atoms with van der Waals surface area (Å²) >= 11 is 0. The maximum absolute atomic E-state index is 12.3. The van der Waals surface area contributed by atoms with Crippen LogP contribution in [0.15, 0.2) is 54.6 Å². The molecule has 0 aliphatic carbocycles. The number of rotatable bonds is 4. The normalized spacial score (nSPS) is 19.9. The highest BCUT2D eigenvalue weighted by atomic mass is 16.6. The molecule has 1 saturated heterocycles. The summed E-state index contributed by atoms with van der Waals surface area (Å²) in [5.74, 6) is 0. The third kappa shape index (κ3) is 3.35. The summed E-state index contributed by atoms with van der Waals surface area (Å²) in [6.45, 7) is 1.14. The Labute approximate surface area is 142 Å². The van der Waals surface area contributed by atoms with E-state index in [0.717, 1.165) is 22.9 Å². The van der Waals surface area contributed by atoms with Gasteiger partial charge in [-0.3, -0.25) is 0 Å². The van der Waals surface area contributed by atoms with Crippen molar-refractivity contribution in [1.29, 1.82) is 0 Å². The molecule has 0 saturated carbocycles. The second kappa shape index (κ2) is 6.91. The van der Waals surface area contributed by atoms with Crippen molar-refractivity contribution in [1.82, 2.24) is 4.90 Å². The van der Waals surface area contributed by atoms with E-state index in [2.05, 4.69) is 0 Å². The number of hydrogen-bond donors (Lipinski definition) is 0. The number of ether oxygens (including phenoxy) is 1. The van der Waals surface area contributed by atoms with E-state index in [0.29, 0.717) is 19.5 Å². The molecule has 1 fully saturated rings. The SMILES string of the molecule is Bc1cccc(C2(C=O)CCN(C(=O)OCc3ccccc3)C2)c1. The number of amides is 1. The van der Waals surface area contributed by atoms with Crippen molar-refractivity contribution in [3.05, 3.63) is 65.7 Å². The molecule has 1 aliphatic heterocycles. The zero-order valence-corrected chi connectivity index (χ0v) is 13.8. The maximum atomic E-state index is 12.3. The zero-order chi connectivity index (χ0) is 17.0. The van der Waals surface area contributed by atoms with Crippen LogP contribution in [0.1, 0.15) is 17.5 Å². The first-order valence-corrected chi connectivity index (χ1v) is 8.12. The van der Waals surface area contributed by atoms with Gasteiger partial charge in [-0.2, -0.15) is 0 Å². The van der Waals surface area contributed by atoms with Crippen molar-refractivity contribution in [2.45, 2.75) is 18.4 Å². The lowest BCUT2D eigenvalue weighted by atomic mass is 9.79. The van der Waals surface area contributed by atoms with Crippen LogP contribution in [0, 0.1) is 0 Å². The molecule has 24 heavy (non-hydrogen) atoms. The predicted octanol–water partition coefficient (Wildman–Crippen LogP) is 1.42. The van der Waals surface area contributed by atoms with Gasteiger partial charge < -0.3 is 14.4 Å². The third-order valence-corrected chi connectivity index (χ3v) is 4.58. The first-order chi connectivity index (χ1) is 11.6. The molecule has 0 N–H and O–H groups in total. The van der Waals surface area contributed by atoms with Gasteiger partial charge in [0, 0.05) is 13.1 Å². The van der Waals surface area contributed by atoms with Crippen molar-refractivity contribution in [2.75, 3.05) is 13.1 Å². The summed E-state index contributed by atoms with van der Waals surface area (Å²) < 4.78 is 5.38. The van der Waals surface area contributed by atoms with Crippen LogP contribution < -0.4 is 5.46 Å². The molecular weight excluding hydrogens is 301 g/mol. The molecule has 1 unspecified atom stereocenters. The van der Waals surface area contributed by atoms with Crippen LogP contribution in [-0.2, 0) is 21.6 Å². The Balaban J connectivity index is 1.67. The topological polar surface area (TPSA) is 46.6 Å². The first kappa shape index (κ1) is 16.3. The second-order valence-electron chi connectivity index (χ2n) is 6.36. The van der Waals surface area contributed by atoms with Crippen molar-refractivity contribution in [3.63, 3.8) is 0 Å². The number of likely N-dealkylation sites (tertiary alicyclic amines) is 1. The highest BCUT2D eigenvalue weighted by Gasteiger charge is 2.42. The Hall–Kier alpha value is -2.56. The summed E-state index contributed by atoms with van der Waals surface area (Å²) in [4.78, 5) is 25.7. The quantitative estimate of drug-likeness (QED) is 0.632. The number of carbonyl (C=O) groups is 2. The highest BCUT2D eigenvalue weighted by molar-refractivity contribution is 6.32. The fourth-order valence-corrected chi connectivity index (χ4v) is 3.15. The lowest BCUT2D eigenvalue weighted by molar-refractivity contribution is -0.112. The molecule has 1 aliphatic rings. The molecule has 1 heterocycles. The van der Waals surface area contributed by atoms with Crippen LogP contribution in [0.3, 0.4) is 0 Å². The minimum absolute atomic E-state index is 0.245. The smallest absolute Gasteiger partial charge is 0.410 e. The molecule has 122 valence electrons. The van der Waals surface area contributed by atoms with E-state index in [1.807, 2.05) is 62.4 Å². The minimum atomic E-state index is -0.627. The molecule has 3 rings (SSSR count). The van der Waals surface area contributed by atoms with Gasteiger partial charge in [0.1, 0.15) is 20.7 Å². The monoisotopic (exact) mass is 321 g/mol. The van der Waals surface area contributed by atoms with Crippen LogP contribution in [0.4, 0.5) is 4.79 Å². The van der Waals surface area contributed by atoms with Gasteiger partial charge in [-0.05, 0) is 17.5 Å². The van der Waals surface area contributed by atoms with E-state index < -0.39 is 5.41 Å². The molecule has 0 aromatic heterocycles. The average Bonchev–Trinajstić information content (AvgIpc) is 3.07. The van der Waals surface area contributed by atoms with Crippen molar-refractivity contribution in [2.24, 2.45) is 0 Å². The van der Waals surface area contributed by atoms with E-state index in [1.54, 1.807) is 4.90 Å². The van der Waals surface area contributed by atoms with Crippen LogP contribution in [0.5, 0.6) is 0 Å². The average molecular weight is 321 g/mol. The van der Waals surface area contributed by atoms with E-state index in [4.69, 9.17) is 4.74 Å². The van der Waals surface area contributed by atoms with E-state index in [9.17, 15) is 9.59 Å². The molecule has 2 aromatic carbocycles. The zero-order valence-electron chi connectivity index (χ0n) is 13.8. The third-order valence-electron chi connectivity index (χ3n) is 4.58. The van der Waals surface area contributed by atoms with Gasteiger partial charge in [-0.25, -0.2) is 4.79 Å². The van der Waals surface area contributed by atoms with Gasteiger partial charge in [0.2, 0.25) is 0 Å². The molecular formula is C19H20BNO3. The molecule has 2 aromatic rings. The fourth-order valence-electron chi connectivity index (χ4n) is 3.15. The Morgan fingerprint density at radius 1 is 1.21 bits per heavy atom. The number of hydrogen-bond acceptors (Lipinski definition) is 3. The largest absolute Gasteiger partial charge is 0.445 e. The number of nitrogens with zero attached hydrogens (tertiary/aromatic N) is 1. The first-order valence-electron chi connectivity index (χ1n) is 8.12. The van der Waals surface area contributed by atoms with Crippen LogP contribution >= 0.6 is 0 Å². The summed E-state index contributed by atoms with van der Waals surface area (Å²) in [5.41, 5.74) is 2.40. The summed E-state index contributed by atoms with van der Waals surface area (Å²) in [5, 5.41) is 0. The van der Waals surface area contributed by atoms with Gasteiger partial charge in [0.05, 0.1) is 5.41 Å². The lowest BCUT2D eigenvalue weighted by Crippen LogP contribution is -2.36. The van der Waals surface area contributed by atoms with E-state index >= 15 is 0 Å². The fraction of sp³-hybridized carbons (Fsp3) is 0.263. The lowest BCUT2D eigenvalue weighted by Gasteiger charge is -2.24. The number of carbonyl (C=O) groups excluding carboxylic acids is 2. The Morgan fingerprint density at radius 2 is 2.00 bits per heavy atom. The molecule has 5 heteroatoms. The van der Waals surface area contributed by atoms with Crippen LogP contribution in [0.25, 0.3) is 0 Å². The van der Waals surface area contributed by atoms with E-state index in [-0.39, 0.29) is 12.7 Å². The van der Waals surface area contributed by atoms with Gasteiger partial charge in [-0.1, -0.05) is 60.1 Å². The van der Waals surface area contributed by atoms with Gasteiger partial charge in [-0.15, -0.1) is 0 Å². The van der Waals surface area contributed by atoms with E-state index in [1.165, 1.54) is 0 Å². The summed E-state index contributed by atoms with van der Waals surface area (Å²) in [6.07, 6.45) is 1.24. The van der Waals surface area contributed by atoms with Crippen molar-refractivity contribution < 1.29 is 14.3 Å². The molecule has 4 nitrogen and oxygen atoms in total. The molecule has 1 atom stereocenters. The second-order valence-corrected chi connectivity index (χ2v) is 6.36. The van der Waals surface area contributed by atoms with Crippen LogP contribution in [0.2, 0.25) is 0 Å². The van der Waals surface area contributed by atoms with Crippen molar-refractivity contribution >= 4 is 25.7 Å². The van der Waals surface area contributed by atoms with Gasteiger partial charge in [0.15, 0.2) is 0 Å². The Kier molecular flexibility index (Phi) is 4.70. The van der Waals surface area contributed by atoms with Crippen molar-refractivity contribution in [3.8, 4) is 0 Å². The summed E-state index contributed by atoms with van der Waals surface area (Å²) in [7, 11) is 2.00. The number of benzene rings is 2.